The molecule has 0 aliphatic heterocycles. The van der Waals surface area contributed by atoms with E-state index >= 15 is 0 Å². The number of imidazole rings is 1. The Hall–Kier alpha value is -1.88. The van der Waals surface area contributed by atoms with Gasteiger partial charge in [0.15, 0.2) is 0 Å². The summed E-state index contributed by atoms with van der Waals surface area (Å²) >= 11 is 0. The summed E-state index contributed by atoms with van der Waals surface area (Å²) < 4.78 is 2.19. The molecule has 0 bridgehead atoms. The quantitative estimate of drug-likeness (QED) is 0.363. The van der Waals surface area contributed by atoms with Crippen LogP contribution in [0.1, 0.15) is 25.1 Å². The van der Waals surface area contributed by atoms with Gasteiger partial charge in [0.2, 0.25) is 5.91 Å². The van der Waals surface area contributed by atoms with Crippen molar-refractivity contribution in [2.45, 2.75) is 32.7 Å². The molecule has 1 heterocycles. The zero-order valence-electron chi connectivity index (χ0n) is 10.5. The van der Waals surface area contributed by atoms with Gasteiger partial charge in [0.1, 0.15) is 5.82 Å². The zero-order valence-corrected chi connectivity index (χ0v) is 10.5. The van der Waals surface area contributed by atoms with Gasteiger partial charge in [-0.2, -0.15) is 0 Å². The number of aromatic nitrogens is 2. The standard InChI is InChI=1S/C13H18N4O/c1-10-15-11-6-2-3-7-12(11)17(10)9-5-4-8-13(18)16-14/h2-3,6-7H,4-5,8-9,14H2,1H3,(H,16,18). The van der Waals surface area contributed by atoms with Crippen LogP contribution in [0, 0.1) is 6.92 Å². The maximum Gasteiger partial charge on any atom is 0.233 e. The van der Waals surface area contributed by atoms with Crippen molar-refractivity contribution in [1.29, 1.82) is 0 Å². The monoisotopic (exact) mass is 246 g/mol. The molecule has 1 amide bonds. The SMILES string of the molecule is Cc1nc2ccccc2n1CCCCC(=O)NN. The van der Waals surface area contributed by atoms with E-state index in [0.717, 1.165) is 36.2 Å². The van der Waals surface area contributed by atoms with Crippen molar-refractivity contribution in [1.82, 2.24) is 15.0 Å². The second-order valence-corrected chi connectivity index (χ2v) is 4.32. The number of carbonyl (C=O) groups is 1. The number of nitrogens with one attached hydrogen (secondary N) is 1. The van der Waals surface area contributed by atoms with Crippen LogP contribution in [0.4, 0.5) is 0 Å². The van der Waals surface area contributed by atoms with Gasteiger partial charge < -0.3 is 4.57 Å². The molecule has 96 valence electrons. The van der Waals surface area contributed by atoms with Gasteiger partial charge in [0.05, 0.1) is 11.0 Å². The van der Waals surface area contributed by atoms with Crippen molar-refractivity contribution >= 4 is 16.9 Å². The van der Waals surface area contributed by atoms with Gasteiger partial charge in [0, 0.05) is 13.0 Å². The molecule has 2 rings (SSSR count). The Labute approximate surface area is 106 Å². The molecular weight excluding hydrogens is 228 g/mol. The Morgan fingerprint density at radius 3 is 2.94 bits per heavy atom. The van der Waals surface area contributed by atoms with Crippen molar-refractivity contribution in [3.05, 3.63) is 30.1 Å². The minimum atomic E-state index is -0.109. The van der Waals surface area contributed by atoms with Crippen molar-refractivity contribution in [2.24, 2.45) is 5.84 Å². The molecule has 18 heavy (non-hydrogen) atoms. The van der Waals surface area contributed by atoms with Crippen LogP contribution in [0.15, 0.2) is 24.3 Å². The number of rotatable bonds is 5. The number of benzene rings is 1. The molecule has 0 radical (unpaired) electrons. The van der Waals surface area contributed by atoms with Gasteiger partial charge in [-0.15, -0.1) is 0 Å². The molecule has 2 aromatic rings. The lowest BCUT2D eigenvalue weighted by Crippen LogP contribution is -2.29. The zero-order chi connectivity index (χ0) is 13.0. The third-order valence-corrected chi connectivity index (χ3v) is 3.04. The van der Waals surface area contributed by atoms with Gasteiger partial charge in [-0.25, -0.2) is 10.8 Å². The van der Waals surface area contributed by atoms with Crippen LogP contribution in [-0.4, -0.2) is 15.5 Å². The first-order valence-corrected chi connectivity index (χ1v) is 6.13. The predicted octanol–water partition coefficient (Wildman–Crippen LogP) is 1.50. The average molecular weight is 246 g/mol. The van der Waals surface area contributed by atoms with Gasteiger partial charge in [-0.3, -0.25) is 10.2 Å². The molecule has 3 N–H and O–H groups in total. The lowest BCUT2D eigenvalue weighted by Gasteiger charge is -2.06. The van der Waals surface area contributed by atoms with E-state index in [1.165, 1.54) is 0 Å². The topological polar surface area (TPSA) is 72.9 Å². The van der Waals surface area contributed by atoms with Crippen LogP contribution in [0.25, 0.3) is 11.0 Å². The van der Waals surface area contributed by atoms with Crippen molar-refractivity contribution in [3.8, 4) is 0 Å². The number of hydrazine groups is 1. The summed E-state index contributed by atoms with van der Waals surface area (Å²) in [5.41, 5.74) is 4.32. The first-order valence-electron chi connectivity index (χ1n) is 6.13. The van der Waals surface area contributed by atoms with E-state index in [4.69, 9.17) is 5.84 Å². The van der Waals surface area contributed by atoms with E-state index in [0.29, 0.717) is 6.42 Å². The minimum absolute atomic E-state index is 0.109. The normalized spacial score (nSPS) is 10.8. The molecule has 5 nitrogen and oxygen atoms in total. The Morgan fingerprint density at radius 2 is 2.17 bits per heavy atom. The summed E-state index contributed by atoms with van der Waals surface area (Å²) in [6, 6.07) is 8.09. The fraction of sp³-hybridized carbons (Fsp3) is 0.385. The lowest BCUT2D eigenvalue weighted by atomic mass is 10.2. The Kier molecular flexibility index (Phi) is 3.94. The Morgan fingerprint density at radius 1 is 1.39 bits per heavy atom. The molecule has 0 saturated heterocycles. The maximum atomic E-state index is 11.0. The van der Waals surface area contributed by atoms with Crippen LogP contribution >= 0.6 is 0 Å². The number of fused-ring (bicyclic) bond motifs is 1. The van der Waals surface area contributed by atoms with E-state index in [2.05, 4.69) is 21.0 Å². The van der Waals surface area contributed by atoms with Crippen LogP contribution < -0.4 is 11.3 Å². The number of hydrogen-bond acceptors (Lipinski definition) is 3. The molecule has 0 fully saturated rings. The fourth-order valence-electron chi connectivity index (χ4n) is 2.11. The number of para-hydroxylation sites is 2. The maximum absolute atomic E-state index is 11.0. The Bertz CT molecular complexity index is 547. The molecule has 0 aliphatic rings. The summed E-state index contributed by atoms with van der Waals surface area (Å²) in [6.45, 7) is 2.89. The molecular formula is C13H18N4O. The van der Waals surface area contributed by atoms with Crippen LogP contribution in [-0.2, 0) is 11.3 Å². The van der Waals surface area contributed by atoms with Gasteiger partial charge >= 0.3 is 0 Å². The summed E-state index contributed by atoms with van der Waals surface area (Å²) in [7, 11) is 0. The molecule has 0 aliphatic carbocycles. The molecule has 0 saturated carbocycles. The lowest BCUT2D eigenvalue weighted by molar-refractivity contribution is -0.121. The van der Waals surface area contributed by atoms with Crippen molar-refractivity contribution < 1.29 is 4.79 Å². The van der Waals surface area contributed by atoms with Crippen LogP contribution in [0.3, 0.4) is 0 Å². The van der Waals surface area contributed by atoms with E-state index in [9.17, 15) is 4.79 Å². The van der Waals surface area contributed by atoms with Crippen LogP contribution in [0.5, 0.6) is 0 Å². The smallest absolute Gasteiger partial charge is 0.233 e. The third-order valence-electron chi connectivity index (χ3n) is 3.04. The molecule has 1 aromatic carbocycles. The summed E-state index contributed by atoms with van der Waals surface area (Å²) in [6.07, 6.45) is 2.24. The number of aryl methyl sites for hydroxylation is 2. The molecule has 1 aromatic heterocycles. The Balaban J connectivity index is 1.99. The number of nitrogens with two attached hydrogens (primary N) is 1. The van der Waals surface area contributed by atoms with Gasteiger partial charge in [-0.1, -0.05) is 12.1 Å². The second-order valence-electron chi connectivity index (χ2n) is 4.32. The first kappa shape index (κ1) is 12.6. The van der Waals surface area contributed by atoms with Crippen molar-refractivity contribution in [3.63, 3.8) is 0 Å². The highest BCUT2D eigenvalue weighted by Gasteiger charge is 2.06. The van der Waals surface area contributed by atoms with Crippen LogP contribution in [0.2, 0.25) is 0 Å². The van der Waals surface area contributed by atoms with E-state index in [1.54, 1.807) is 0 Å². The van der Waals surface area contributed by atoms with E-state index in [-0.39, 0.29) is 5.91 Å². The number of carbonyl (C=O) groups excluding carboxylic acids is 1. The highest BCUT2D eigenvalue weighted by atomic mass is 16.2. The average Bonchev–Trinajstić information content (AvgIpc) is 2.70. The van der Waals surface area contributed by atoms with Gasteiger partial charge in [0.25, 0.3) is 0 Å². The highest BCUT2D eigenvalue weighted by Crippen LogP contribution is 2.16. The fourth-order valence-corrected chi connectivity index (χ4v) is 2.11. The molecule has 0 unspecified atom stereocenters. The first-order chi connectivity index (χ1) is 8.72. The third kappa shape index (κ3) is 2.68. The number of nitrogens with zero attached hydrogens (tertiary/aromatic N) is 2. The largest absolute Gasteiger partial charge is 0.328 e. The van der Waals surface area contributed by atoms with E-state index < -0.39 is 0 Å². The molecule has 5 heteroatoms. The van der Waals surface area contributed by atoms with E-state index in [1.807, 2.05) is 25.1 Å². The van der Waals surface area contributed by atoms with Crippen molar-refractivity contribution in [2.75, 3.05) is 0 Å². The predicted molar refractivity (Wildman–Crippen MR) is 70.7 cm³/mol. The summed E-state index contributed by atoms with van der Waals surface area (Å²) in [5.74, 6) is 5.94. The summed E-state index contributed by atoms with van der Waals surface area (Å²) in [5, 5.41) is 0. The summed E-state index contributed by atoms with van der Waals surface area (Å²) in [4.78, 5) is 15.5. The minimum Gasteiger partial charge on any atom is -0.328 e. The number of unbranched alkanes of at least 4 members (excludes halogenated alkanes) is 1. The molecule has 0 spiro atoms. The highest BCUT2D eigenvalue weighted by molar-refractivity contribution is 5.76. The number of hydrogen-bond donors (Lipinski definition) is 2. The van der Waals surface area contributed by atoms with Gasteiger partial charge in [-0.05, 0) is 31.9 Å². The molecule has 0 atom stereocenters. The number of amides is 1. The second kappa shape index (κ2) is 5.64.